The van der Waals surface area contributed by atoms with E-state index in [1.807, 2.05) is 0 Å². The van der Waals surface area contributed by atoms with Crippen molar-refractivity contribution >= 4 is 29.2 Å². The molecule has 8 nitrogen and oxygen atoms in total. The van der Waals surface area contributed by atoms with Crippen molar-refractivity contribution in [2.45, 2.75) is 11.8 Å². The van der Waals surface area contributed by atoms with Gasteiger partial charge in [-0.05, 0) is 35.9 Å². The Hall–Kier alpha value is -4.01. The number of carbonyl (C=O) groups is 3. The van der Waals surface area contributed by atoms with E-state index in [-0.39, 0.29) is 18.9 Å². The lowest BCUT2D eigenvalue weighted by molar-refractivity contribution is -0.127. The minimum Gasteiger partial charge on any atom is -0.368 e. The molecule has 0 saturated heterocycles. The summed E-state index contributed by atoms with van der Waals surface area (Å²) in [7, 11) is 0. The number of nitrogens with zero attached hydrogens (tertiary/aromatic N) is 3. The van der Waals surface area contributed by atoms with Gasteiger partial charge < -0.3 is 16.0 Å². The average molecular weight is 405 g/mol. The van der Waals surface area contributed by atoms with Crippen molar-refractivity contribution in [2.24, 2.45) is 5.73 Å². The summed E-state index contributed by atoms with van der Waals surface area (Å²) in [5, 5.41) is 7.15. The van der Waals surface area contributed by atoms with Crippen LogP contribution < -0.4 is 16.0 Å². The summed E-state index contributed by atoms with van der Waals surface area (Å²) in [6.45, 7) is -0.291. The van der Waals surface area contributed by atoms with E-state index in [4.69, 9.17) is 5.73 Å². The molecule has 30 heavy (non-hydrogen) atoms. The van der Waals surface area contributed by atoms with E-state index in [0.29, 0.717) is 28.3 Å². The van der Waals surface area contributed by atoms with Crippen molar-refractivity contribution < 1.29 is 18.8 Å². The van der Waals surface area contributed by atoms with Gasteiger partial charge in [-0.15, -0.1) is 0 Å². The van der Waals surface area contributed by atoms with Crippen LogP contribution in [-0.2, 0) is 19.8 Å². The quantitative estimate of drug-likeness (QED) is 0.688. The normalized spacial score (nSPS) is 19.6. The topological polar surface area (TPSA) is 110 Å². The highest BCUT2D eigenvalue weighted by atomic mass is 19.1. The maximum atomic E-state index is 13.6. The van der Waals surface area contributed by atoms with Crippen molar-refractivity contribution in [3.8, 4) is 5.69 Å². The van der Waals surface area contributed by atoms with Crippen molar-refractivity contribution in [3.05, 3.63) is 71.7 Å². The predicted molar refractivity (Wildman–Crippen MR) is 106 cm³/mol. The summed E-state index contributed by atoms with van der Waals surface area (Å²) in [4.78, 5) is 39.3. The van der Waals surface area contributed by atoms with Crippen LogP contribution in [0.4, 0.5) is 15.9 Å². The standard InChI is InChI=1S/C21H16FN5O3/c22-12-5-7-13(8-6-12)27-19-15(10-24-27)21(9-18(29)25-19)14-3-1-2-4-16(14)26(20(21)30)11-17(23)28/h1-8,10H,9,11H2,(H2,23,28)(H,25,29). The highest BCUT2D eigenvalue weighted by molar-refractivity contribution is 6.17. The summed E-state index contributed by atoms with van der Waals surface area (Å²) in [5.41, 5.74) is 6.24. The number of benzene rings is 2. The molecule has 3 heterocycles. The summed E-state index contributed by atoms with van der Waals surface area (Å²) in [6, 6.07) is 12.7. The number of nitrogens with two attached hydrogens (primary N) is 1. The second kappa shape index (κ2) is 6.24. The molecule has 1 aromatic heterocycles. The summed E-state index contributed by atoms with van der Waals surface area (Å²) in [5.74, 6) is -1.49. The first kappa shape index (κ1) is 18.0. The highest BCUT2D eigenvalue weighted by Gasteiger charge is 2.57. The molecule has 0 saturated carbocycles. The molecule has 0 bridgehead atoms. The number of hydrogen-bond donors (Lipinski definition) is 2. The molecule has 1 unspecified atom stereocenters. The van der Waals surface area contributed by atoms with Gasteiger partial charge in [-0.1, -0.05) is 18.2 Å². The molecule has 0 radical (unpaired) electrons. The molecule has 0 aliphatic carbocycles. The lowest BCUT2D eigenvalue weighted by atomic mass is 9.72. The number of fused-ring (bicyclic) bond motifs is 4. The van der Waals surface area contributed by atoms with Gasteiger partial charge in [-0.2, -0.15) is 5.10 Å². The molecule has 0 fully saturated rings. The first-order valence-corrected chi connectivity index (χ1v) is 9.26. The summed E-state index contributed by atoms with van der Waals surface area (Å²) < 4.78 is 14.8. The Balaban J connectivity index is 1.73. The molecule has 1 spiro atoms. The van der Waals surface area contributed by atoms with Crippen molar-refractivity contribution in [1.82, 2.24) is 9.78 Å². The Labute approximate surface area is 170 Å². The third-order valence-corrected chi connectivity index (χ3v) is 5.56. The molecule has 2 aliphatic rings. The second-order valence-corrected chi connectivity index (χ2v) is 7.30. The van der Waals surface area contributed by atoms with Gasteiger partial charge in [0.05, 0.1) is 11.9 Å². The monoisotopic (exact) mass is 405 g/mol. The molecule has 1 atom stereocenters. The van der Waals surface area contributed by atoms with Gasteiger partial charge in [0.25, 0.3) is 0 Å². The summed E-state index contributed by atoms with van der Waals surface area (Å²) >= 11 is 0. The number of primary amides is 1. The maximum absolute atomic E-state index is 13.6. The third-order valence-electron chi connectivity index (χ3n) is 5.56. The SMILES string of the molecule is NC(=O)CN1C(=O)C2(CC(=O)Nc3c2cnn3-c2ccc(F)cc2)c2ccccc21. The molecule has 5 rings (SSSR count). The Morgan fingerprint density at radius 2 is 1.87 bits per heavy atom. The van der Waals surface area contributed by atoms with Crippen molar-refractivity contribution in [3.63, 3.8) is 0 Å². The smallest absolute Gasteiger partial charge is 0.243 e. The Morgan fingerprint density at radius 3 is 2.60 bits per heavy atom. The van der Waals surface area contributed by atoms with Crippen LogP contribution in [0.25, 0.3) is 5.69 Å². The zero-order valence-electron chi connectivity index (χ0n) is 15.6. The maximum Gasteiger partial charge on any atom is 0.243 e. The molecule has 2 aromatic carbocycles. The van der Waals surface area contributed by atoms with Crippen molar-refractivity contribution in [2.75, 3.05) is 16.8 Å². The number of halogens is 1. The number of carbonyl (C=O) groups excluding carboxylic acids is 3. The van der Waals surface area contributed by atoms with Gasteiger partial charge in [-0.3, -0.25) is 14.4 Å². The van der Waals surface area contributed by atoms with Crippen LogP contribution in [0.1, 0.15) is 17.5 Å². The second-order valence-electron chi connectivity index (χ2n) is 7.30. The van der Waals surface area contributed by atoms with Gasteiger partial charge >= 0.3 is 0 Å². The van der Waals surface area contributed by atoms with E-state index < -0.39 is 23.0 Å². The highest BCUT2D eigenvalue weighted by Crippen LogP contribution is 2.52. The molecule has 3 N–H and O–H groups in total. The fraction of sp³-hybridized carbons (Fsp3) is 0.143. The van der Waals surface area contributed by atoms with Crippen LogP contribution in [0.2, 0.25) is 0 Å². The molecule has 3 aromatic rings. The molecule has 2 aliphatic heterocycles. The van der Waals surface area contributed by atoms with Gasteiger partial charge in [0.15, 0.2) is 0 Å². The first-order valence-electron chi connectivity index (χ1n) is 9.26. The lowest BCUT2D eigenvalue weighted by Crippen LogP contribution is -2.48. The van der Waals surface area contributed by atoms with E-state index in [0.717, 1.165) is 0 Å². The fourth-order valence-electron chi connectivity index (χ4n) is 4.34. The Bertz CT molecular complexity index is 1220. The number of rotatable bonds is 3. The number of anilines is 2. The largest absolute Gasteiger partial charge is 0.368 e. The molecule has 150 valence electrons. The molecule has 9 heteroatoms. The van der Waals surface area contributed by atoms with Crippen LogP contribution in [0, 0.1) is 5.82 Å². The van der Waals surface area contributed by atoms with E-state index in [9.17, 15) is 18.8 Å². The minimum atomic E-state index is -1.32. The van der Waals surface area contributed by atoms with Gasteiger partial charge in [0.1, 0.15) is 23.6 Å². The Morgan fingerprint density at radius 1 is 1.13 bits per heavy atom. The van der Waals surface area contributed by atoms with E-state index >= 15 is 0 Å². The van der Waals surface area contributed by atoms with Crippen molar-refractivity contribution in [1.29, 1.82) is 0 Å². The van der Waals surface area contributed by atoms with Crippen LogP contribution in [0.5, 0.6) is 0 Å². The van der Waals surface area contributed by atoms with E-state index in [1.165, 1.54) is 40.0 Å². The number of aromatic nitrogens is 2. The van der Waals surface area contributed by atoms with Crippen LogP contribution >= 0.6 is 0 Å². The van der Waals surface area contributed by atoms with E-state index in [2.05, 4.69) is 10.4 Å². The van der Waals surface area contributed by atoms with Crippen LogP contribution in [-0.4, -0.2) is 34.0 Å². The van der Waals surface area contributed by atoms with Gasteiger partial charge in [-0.25, -0.2) is 9.07 Å². The van der Waals surface area contributed by atoms with Gasteiger partial charge in [0.2, 0.25) is 17.7 Å². The number of amides is 3. The summed E-state index contributed by atoms with van der Waals surface area (Å²) in [6.07, 6.45) is 1.40. The van der Waals surface area contributed by atoms with Crippen LogP contribution in [0.15, 0.2) is 54.7 Å². The fourth-order valence-corrected chi connectivity index (χ4v) is 4.34. The molecular formula is C21H16FN5O3. The van der Waals surface area contributed by atoms with Crippen LogP contribution in [0.3, 0.4) is 0 Å². The predicted octanol–water partition coefficient (Wildman–Crippen LogP) is 1.47. The number of para-hydroxylation sites is 1. The zero-order valence-corrected chi connectivity index (χ0v) is 15.6. The zero-order chi connectivity index (χ0) is 21.0. The molecular weight excluding hydrogens is 389 g/mol. The Kier molecular flexibility index (Phi) is 3.76. The number of hydrogen-bond acceptors (Lipinski definition) is 4. The lowest BCUT2D eigenvalue weighted by Gasteiger charge is -2.32. The molecule has 3 amide bonds. The average Bonchev–Trinajstić information content (AvgIpc) is 3.23. The first-order chi connectivity index (χ1) is 14.4. The minimum absolute atomic E-state index is 0.125. The van der Waals surface area contributed by atoms with Gasteiger partial charge in [0, 0.05) is 17.7 Å². The number of nitrogens with one attached hydrogen (secondary N) is 1. The third kappa shape index (κ3) is 2.38. The van der Waals surface area contributed by atoms with E-state index in [1.54, 1.807) is 24.3 Å².